The van der Waals surface area contributed by atoms with E-state index in [0.717, 1.165) is 0 Å². The van der Waals surface area contributed by atoms with Crippen LogP contribution in [0.5, 0.6) is 0 Å². The van der Waals surface area contributed by atoms with E-state index in [1.165, 1.54) is 24.4 Å². The van der Waals surface area contributed by atoms with E-state index in [2.05, 4.69) is 4.40 Å². The van der Waals surface area contributed by atoms with Crippen molar-refractivity contribution in [3.8, 4) is 0 Å². The van der Waals surface area contributed by atoms with Gasteiger partial charge in [0.25, 0.3) is 0 Å². The minimum absolute atomic E-state index is 0.345. The molecule has 0 fully saturated rings. The minimum Gasteiger partial charge on any atom is -0.228 e. The van der Waals surface area contributed by atoms with Crippen molar-refractivity contribution < 1.29 is 8.42 Å². The molecule has 1 aliphatic heterocycles. The van der Waals surface area contributed by atoms with E-state index >= 15 is 0 Å². The zero-order valence-electron chi connectivity index (χ0n) is 4.94. The summed E-state index contributed by atoms with van der Waals surface area (Å²) in [6.07, 6.45) is 2.72. The van der Waals surface area contributed by atoms with Crippen molar-refractivity contribution in [2.45, 2.75) is 5.25 Å². The van der Waals surface area contributed by atoms with Crippen molar-refractivity contribution in [3.05, 3.63) is 0 Å². The third kappa shape index (κ3) is 1.69. The smallest absolute Gasteiger partial charge is 0.156 e. The fourth-order valence-electron chi connectivity index (χ4n) is 0.505. The van der Waals surface area contributed by atoms with Crippen molar-refractivity contribution in [3.63, 3.8) is 0 Å². The average molecular weight is 165 g/mol. The quantitative estimate of drug-likeness (QED) is 0.519. The highest BCUT2D eigenvalue weighted by Crippen LogP contribution is 2.15. The van der Waals surface area contributed by atoms with Crippen LogP contribution in [0.25, 0.3) is 0 Å². The zero-order chi connectivity index (χ0) is 6.91. The molecule has 0 amide bonds. The Morgan fingerprint density at radius 1 is 1.78 bits per heavy atom. The van der Waals surface area contributed by atoms with Gasteiger partial charge < -0.3 is 0 Å². The van der Waals surface area contributed by atoms with E-state index < -0.39 is 9.84 Å². The lowest BCUT2D eigenvalue weighted by Gasteiger charge is -1.98. The molecule has 1 unspecified atom stereocenters. The third-order valence-electron chi connectivity index (χ3n) is 1.09. The third-order valence-corrected chi connectivity index (χ3v) is 3.47. The van der Waals surface area contributed by atoms with E-state index in [9.17, 15) is 8.42 Å². The summed E-state index contributed by atoms with van der Waals surface area (Å²) < 4.78 is 25.2. The highest BCUT2D eigenvalue weighted by atomic mass is 32.2. The first-order valence-corrected chi connectivity index (χ1v) is 5.35. The molecule has 0 aromatic rings. The molecule has 0 N–H and O–H groups in total. The number of hydrogen-bond donors (Lipinski definition) is 0. The van der Waals surface area contributed by atoms with Gasteiger partial charge >= 0.3 is 0 Å². The summed E-state index contributed by atoms with van der Waals surface area (Å²) in [5.41, 5.74) is 0. The second-order valence-corrected chi connectivity index (χ2v) is 4.99. The normalized spacial score (nSPS) is 27.0. The maximum atomic E-state index is 10.7. The lowest BCUT2D eigenvalue weighted by molar-refractivity contribution is 0.600. The molecule has 0 radical (unpaired) electrons. The molecule has 1 aliphatic rings. The van der Waals surface area contributed by atoms with E-state index in [1.54, 1.807) is 0 Å². The van der Waals surface area contributed by atoms with Gasteiger partial charge in [-0.2, -0.15) is 0 Å². The van der Waals surface area contributed by atoms with Gasteiger partial charge in [-0.25, -0.2) is 12.8 Å². The van der Waals surface area contributed by atoms with Gasteiger partial charge in [-0.1, -0.05) is 0 Å². The van der Waals surface area contributed by atoms with Crippen molar-refractivity contribution in [2.24, 2.45) is 4.40 Å². The molecule has 0 saturated carbocycles. The van der Waals surface area contributed by atoms with Gasteiger partial charge in [-0.15, -0.1) is 0 Å². The summed E-state index contributed by atoms with van der Waals surface area (Å²) in [6.45, 7) is 0. The number of nitrogens with zero attached hydrogens (tertiary/aromatic N) is 1. The average Bonchev–Trinajstić information content (AvgIpc) is 2.08. The molecule has 5 heteroatoms. The standard InChI is InChI=1S/C4H7NO2S2/c1-9(6,7)4-2-5-8-3-4/h2,4H,3H2,1H3. The van der Waals surface area contributed by atoms with Gasteiger partial charge in [0.2, 0.25) is 0 Å². The second kappa shape index (κ2) is 2.30. The summed E-state index contributed by atoms with van der Waals surface area (Å²) in [4.78, 5) is 0. The maximum absolute atomic E-state index is 10.7. The molecule has 0 spiro atoms. The molecular formula is C4H7NO2S2. The van der Waals surface area contributed by atoms with Crippen molar-refractivity contribution in [2.75, 3.05) is 12.0 Å². The van der Waals surface area contributed by atoms with Crippen LogP contribution in [0.1, 0.15) is 0 Å². The van der Waals surface area contributed by atoms with E-state index in [1.807, 2.05) is 0 Å². The minimum atomic E-state index is -2.87. The predicted octanol–water partition coefficient (Wildman–Crippen LogP) is 0.132. The molecule has 1 heterocycles. The Bertz CT molecular complexity index is 219. The fourth-order valence-corrected chi connectivity index (χ4v) is 2.59. The molecule has 1 rings (SSSR count). The van der Waals surface area contributed by atoms with Crippen LogP contribution >= 0.6 is 11.9 Å². The van der Waals surface area contributed by atoms with Crippen LogP contribution in [0, 0.1) is 0 Å². The van der Waals surface area contributed by atoms with Crippen LogP contribution in [0.15, 0.2) is 4.40 Å². The largest absolute Gasteiger partial charge is 0.228 e. The molecule has 0 bridgehead atoms. The van der Waals surface area contributed by atoms with Crippen LogP contribution in [0.4, 0.5) is 0 Å². The Kier molecular flexibility index (Phi) is 1.81. The topological polar surface area (TPSA) is 46.5 Å². The molecular weight excluding hydrogens is 158 g/mol. The lowest BCUT2D eigenvalue weighted by Crippen LogP contribution is -2.20. The van der Waals surface area contributed by atoms with Gasteiger partial charge in [0.15, 0.2) is 9.84 Å². The van der Waals surface area contributed by atoms with Crippen molar-refractivity contribution >= 4 is 28.0 Å². The predicted molar refractivity (Wildman–Crippen MR) is 39.6 cm³/mol. The first-order valence-electron chi connectivity index (χ1n) is 2.45. The maximum Gasteiger partial charge on any atom is 0.156 e. The zero-order valence-corrected chi connectivity index (χ0v) is 6.58. The number of rotatable bonds is 1. The Labute approximate surface area is 58.6 Å². The van der Waals surface area contributed by atoms with Crippen LogP contribution in [-0.2, 0) is 9.84 Å². The van der Waals surface area contributed by atoms with E-state index in [-0.39, 0.29) is 5.25 Å². The van der Waals surface area contributed by atoms with Crippen molar-refractivity contribution in [1.82, 2.24) is 0 Å². The Morgan fingerprint density at radius 3 is 2.67 bits per heavy atom. The van der Waals surface area contributed by atoms with Crippen LogP contribution < -0.4 is 0 Å². The number of sulfone groups is 1. The highest BCUT2D eigenvalue weighted by molar-refractivity contribution is 8.01. The fraction of sp³-hybridized carbons (Fsp3) is 0.750. The van der Waals surface area contributed by atoms with Gasteiger partial charge in [0.05, 0.1) is 0 Å². The lowest BCUT2D eigenvalue weighted by atomic mass is 10.5. The summed E-state index contributed by atoms with van der Waals surface area (Å²) in [5, 5.41) is -0.345. The number of hydrogen-bond acceptors (Lipinski definition) is 4. The Morgan fingerprint density at radius 2 is 2.44 bits per heavy atom. The molecule has 0 aliphatic carbocycles. The molecule has 1 atom stereocenters. The molecule has 3 nitrogen and oxygen atoms in total. The van der Waals surface area contributed by atoms with E-state index in [0.29, 0.717) is 5.75 Å². The molecule has 0 aromatic carbocycles. The summed E-state index contributed by atoms with van der Waals surface area (Å²) in [5.74, 6) is 0.582. The SMILES string of the molecule is CS(=O)(=O)C1C=NSC1. The van der Waals surface area contributed by atoms with Gasteiger partial charge in [-0.3, -0.25) is 0 Å². The monoisotopic (exact) mass is 165 g/mol. The van der Waals surface area contributed by atoms with Crippen molar-refractivity contribution in [1.29, 1.82) is 0 Å². The van der Waals surface area contributed by atoms with Gasteiger partial charge in [-0.05, 0) is 11.9 Å². The Hall–Kier alpha value is -0.0300. The van der Waals surface area contributed by atoms with Gasteiger partial charge in [0, 0.05) is 18.2 Å². The van der Waals surface area contributed by atoms with E-state index in [4.69, 9.17) is 0 Å². The van der Waals surface area contributed by atoms with Crippen LogP contribution in [0.3, 0.4) is 0 Å². The Balaban J connectivity index is 2.76. The summed E-state index contributed by atoms with van der Waals surface area (Å²) in [6, 6.07) is 0. The van der Waals surface area contributed by atoms with Gasteiger partial charge in [0.1, 0.15) is 5.25 Å². The molecule has 0 aromatic heterocycles. The second-order valence-electron chi connectivity index (χ2n) is 1.92. The highest BCUT2D eigenvalue weighted by Gasteiger charge is 2.21. The van der Waals surface area contributed by atoms with Crippen LogP contribution in [0.2, 0.25) is 0 Å². The van der Waals surface area contributed by atoms with Crippen LogP contribution in [-0.4, -0.2) is 31.9 Å². The first-order chi connectivity index (χ1) is 4.11. The molecule has 52 valence electrons. The molecule has 0 saturated heterocycles. The summed E-state index contributed by atoms with van der Waals surface area (Å²) >= 11 is 1.30. The first kappa shape index (κ1) is 7.08. The summed E-state index contributed by atoms with van der Waals surface area (Å²) in [7, 11) is -2.87. The molecule has 9 heavy (non-hydrogen) atoms.